The Morgan fingerprint density at radius 3 is 2.71 bits per heavy atom. The van der Waals surface area contributed by atoms with Gasteiger partial charge in [-0.25, -0.2) is 0 Å². The SMILES string of the molecule is CCCNC(CN(C)CCOCC1CC1)c1ccccc1. The fraction of sp³-hybridized carbons (Fsp3) is 0.667. The van der Waals surface area contributed by atoms with Crippen molar-refractivity contribution in [3.8, 4) is 0 Å². The van der Waals surface area contributed by atoms with Crippen LogP contribution in [0.5, 0.6) is 0 Å². The van der Waals surface area contributed by atoms with Gasteiger partial charge in [0.05, 0.1) is 6.61 Å². The van der Waals surface area contributed by atoms with Crippen molar-refractivity contribution >= 4 is 0 Å². The average molecular weight is 290 g/mol. The molecule has 1 aromatic rings. The van der Waals surface area contributed by atoms with Gasteiger partial charge in [-0.15, -0.1) is 0 Å². The molecule has 1 aliphatic rings. The van der Waals surface area contributed by atoms with E-state index in [2.05, 4.69) is 54.5 Å². The molecule has 3 heteroatoms. The first-order valence-corrected chi connectivity index (χ1v) is 8.34. The van der Waals surface area contributed by atoms with Crippen molar-refractivity contribution in [3.63, 3.8) is 0 Å². The summed E-state index contributed by atoms with van der Waals surface area (Å²) in [5, 5.41) is 3.65. The van der Waals surface area contributed by atoms with Gasteiger partial charge in [-0.3, -0.25) is 0 Å². The van der Waals surface area contributed by atoms with E-state index in [9.17, 15) is 0 Å². The molecular formula is C18H30N2O. The van der Waals surface area contributed by atoms with Crippen molar-refractivity contribution in [1.29, 1.82) is 0 Å². The van der Waals surface area contributed by atoms with Gasteiger partial charge in [0, 0.05) is 25.7 Å². The quantitative estimate of drug-likeness (QED) is 0.634. The summed E-state index contributed by atoms with van der Waals surface area (Å²) in [4.78, 5) is 2.37. The average Bonchev–Trinajstić information content (AvgIpc) is 3.33. The van der Waals surface area contributed by atoms with Crippen molar-refractivity contribution in [2.24, 2.45) is 5.92 Å². The van der Waals surface area contributed by atoms with Crippen LogP contribution in [-0.2, 0) is 4.74 Å². The second kappa shape index (κ2) is 9.19. The molecule has 0 aromatic heterocycles. The molecule has 0 radical (unpaired) electrons. The molecule has 0 bridgehead atoms. The standard InChI is InChI=1S/C18H30N2O/c1-3-11-19-18(17-7-5-4-6-8-17)14-20(2)12-13-21-15-16-9-10-16/h4-8,16,18-19H,3,9-15H2,1-2H3. The van der Waals surface area contributed by atoms with Crippen molar-refractivity contribution in [2.75, 3.05) is 39.9 Å². The second-order valence-corrected chi connectivity index (χ2v) is 6.20. The Labute approximate surface area is 129 Å². The summed E-state index contributed by atoms with van der Waals surface area (Å²) in [6, 6.07) is 11.1. The maximum absolute atomic E-state index is 5.73. The van der Waals surface area contributed by atoms with Gasteiger partial charge in [-0.05, 0) is 44.3 Å². The topological polar surface area (TPSA) is 24.5 Å². The minimum absolute atomic E-state index is 0.402. The predicted octanol–water partition coefficient (Wildman–Crippen LogP) is 3.09. The molecule has 1 N–H and O–H groups in total. The van der Waals surface area contributed by atoms with Crippen LogP contribution in [0.2, 0.25) is 0 Å². The van der Waals surface area contributed by atoms with Gasteiger partial charge in [0.15, 0.2) is 0 Å². The first-order chi connectivity index (χ1) is 10.3. The monoisotopic (exact) mass is 290 g/mol. The Kier molecular flexibility index (Phi) is 7.20. The Bertz CT molecular complexity index is 378. The van der Waals surface area contributed by atoms with Gasteiger partial charge in [0.25, 0.3) is 0 Å². The fourth-order valence-corrected chi connectivity index (χ4v) is 2.45. The van der Waals surface area contributed by atoms with E-state index in [0.29, 0.717) is 6.04 Å². The van der Waals surface area contributed by atoms with Crippen LogP contribution in [0.25, 0.3) is 0 Å². The number of hydrogen-bond acceptors (Lipinski definition) is 3. The van der Waals surface area contributed by atoms with E-state index in [-0.39, 0.29) is 0 Å². The summed E-state index contributed by atoms with van der Waals surface area (Å²) in [5.74, 6) is 0.860. The largest absolute Gasteiger partial charge is 0.380 e. The van der Waals surface area contributed by atoms with Crippen molar-refractivity contribution in [2.45, 2.75) is 32.2 Å². The molecule has 0 aliphatic heterocycles. The van der Waals surface area contributed by atoms with Crippen LogP contribution in [0.3, 0.4) is 0 Å². The molecule has 1 saturated carbocycles. The first-order valence-electron chi connectivity index (χ1n) is 8.34. The van der Waals surface area contributed by atoms with Gasteiger partial charge >= 0.3 is 0 Å². The molecule has 21 heavy (non-hydrogen) atoms. The number of nitrogens with one attached hydrogen (secondary N) is 1. The third-order valence-electron chi connectivity index (χ3n) is 4.00. The van der Waals surface area contributed by atoms with Crippen LogP contribution in [0.1, 0.15) is 37.8 Å². The number of ether oxygens (including phenoxy) is 1. The number of hydrogen-bond donors (Lipinski definition) is 1. The van der Waals surface area contributed by atoms with E-state index >= 15 is 0 Å². The van der Waals surface area contributed by atoms with Crippen molar-refractivity contribution in [3.05, 3.63) is 35.9 Å². The number of benzene rings is 1. The molecule has 0 heterocycles. The summed E-state index contributed by atoms with van der Waals surface area (Å²) in [6.07, 6.45) is 3.90. The maximum Gasteiger partial charge on any atom is 0.0593 e. The molecule has 3 nitrogen and oxygen atoms in total. The lowest BCUT2D eigenvalue weighted by Crippen LogP contribution is -2.35. The molecule has 1 aromatic carbocycles. The van der Waals surface area contributed by atoms with Gasteiger partial charge < -0.3 is 15.0 Å². The molecule has 1 unspecified atom stereocenters. The zero-order valence-electron chi connectivity index (χ0n) is 13.6. The molecule has 118 valence electrons. The van der Waals surface area contributed by atoms with Gasteiger partial charge in [0.2, 0.25) is 0 Å². The Morgan fingerprint density at radius 1 is 1.29 bits per heavy atom. The highest BCUT2D eigenvalue weighted by Gasteiger charge is 2.21. The summed E-state index contributed by atoms with van der Waals surface area (Å²) in [7, 11) is 2.18. The molecular weight excluding hydrogens is 260 g/mol. The zero-order valence-corrected chi connectivity index (χ0v) is 13.6. The lowest BCUT2D eigenvalue weighted by atomic mass is 10.1. The Morgan fingerprint density at radius 2 is 2.05 bits per heavy atom. The summed E-state index contributed by atoms with van der Waals surface area (Å²) in [6.45, 7) is 7.11. The number of nitrogens with zero attached hydrogens (tertiary/aromatic N) is 1. The summed E-state index contributed by atoms with van der Waals surface area (Å²) in [5.41, 5.74) is 1.37. The smallest absolute Gasteiger partial charge is 0.0593 e. The highest BCUT2D eigenvalue weighted by molar-refractivity contribution is 5.19. The van der Waals surface area contributed by atoms with E-state index in [1.54, 1.807) is 0 Å². The molecule has 1 atom stereocenters. The molecule has 1 fully saturated rings. The van der Waals surface area contributed by atoms with E-state index in [4.69, 9.17) is 4.74 Å². The zero-order chi connectivity index (χ0) is 14.9. The van der Waals surface area contributed by atoms with Gasteiger partial charge in [-0.1, -0.05) is 37.3 Å². The van der Waals surface area contributed by atoms with E-state index in [1.807, 2.05) is 0 Å². The molecule has 0 spiro atoms. The van der Waals surface area contributed by atoms with E-state index < -0.39 is 0 Å². The summed E-state index contributed by atoms with van der Waals surface area (Å²) >= 11 is 0. The highest BCUT2D eigenvalue weighted by atomic mass is 16.5. The minimum atomic E-state index is 0.402. The minimum Gasteiger partial charge on any atom is -0.380 e. The lowest BCUT2D eigenvalue weighted by molar-refractivity contribution is 0.101. The van der Waals surface area contributed by atoms with Crippen LogP contribution in [0.15, 0.2) is 30.3 Å². The van der Waals surface area contributed by atoms with Gasteiger partial charge in [-0.2, -0.15) is 0 Å². The third kappa shape index (κ3) is 6.60. The summed E-state index contributed by atoms with van der Waals surface area (Å²) < 4.78 is 5.73. The van der Waals surface area contributed by atoms with E-state index in [0.717, 1.165) is 45.2 Å². The first kappa shape index (κ1) is 16.5. The van der Waals surface area contributed by atoms with Crippen LogP contribution in [-0.4, -0.2) is 44.8 Å². The van der Waals surface area contributed by atoms with Crippen LogP contribution in [0, 0.1) is 5.92 Å². The number of rotatable bonds is 11. The highest BCUT2D eigenvalue weighted by Crippen LogP contribution is 2.28. The third-order valence-corrected chi connectivity index (χ3v) is 4.00. The predicted molar refractivity (Wildman–Crippen MR) is 88.5 cm³/mol. The maximum atomic E-state index is 5.73. The Hall–Kier alpha value is -0.900. The molecule has 0 amide bonds. The fourth-order valence-electron chi connectivity index (χ4n) is 2.45. The van der Waals surface area contributed by atoms with Crippen LogP contribution >= 0.6 is 0 Å². The van der Waals surface area contributed by atoms with E-state index in [1.165, 1.54) is 18.4 Å². The number of likely N-dealkylation sites (N-methyl/N-ethyl adjacent to an activating group) is 1. The molecule has 2 rings (SSSR count). The lowest BCUT2D eigenvalue weighted by Gasteiger charge is -2.25. The second-order valence-electron chi connectivity index (χ2n) is 6.20. The van der Waals surface area contributed by atoms with Gasteiger partial charge in [0.1, 0.15) is 0 Å². The van der Waals surface area contributed by atoms with Crippen molar-refractivity contribution < 1.29 is 4.74 Å². The van der Waals surface area contributed by atoms with Crippen LogP contribution in [0.4, 0.5) is 0 Å². The van der Waals surface area contributed by atoms with Crippen molar-refractivity contribution in [1.82, 2.24) is 10.2 Å². The molecule has 1 aliphatic carbocycles. The van der Waals surface area contributed by atoms with Crippen LogP contribution < -0.4 is 5.32 Å². The Balaban J connectivity index is 1.73. The molecule has 0 saturated heterocycles. The normalized spacial score (nSPS) is 16.3.